The number of methoxy groups -OCH3 is 1. The third kappa shape index (κ3) is 6.46. The average molecular weight is 652 g/mol. The van der Waals surface area contributed by atoms with Crippen LogP contribution in [0.2, 0.25) is 0 Å². The number of pyridine rings is 1. The van der Waals surface area contributed by atoms with Crippen molar-refractivity contribution in [3.05, 3.63) is 57.0 Å². The summed E-state index contributed by atoms with van der Waals surface area (Å²) >= 11 is 3.41. The Hall–Kier alpha value is -3.85. The molecule has 0 radical (unpaired) electrons. The Morgan fingerprint density at radius 2 is 1.98 bits per heavy atom. The third-order valence-electron chi connectivity index (χ3n) is 6.97. The number of carbonyl (C=O) groups is 1. The number of aromatic nitrogens is 5. The summed E-state index contributed by atoms with van der Waals surface area (Å²) in [5.74, 6) is -0.149. The highest BCUT2D eigenvalue weighted by molar-refractivity contribution is 9.10. The first-order chi connectivity index (χ1) is 19.9. The van der Waals surface area contributed by atoms with Gasteiger partial charge in [0.1, 0.15) is 6.61 Å². The number of nitrogens with two attached hydrogens (primary N) is 1. The van der Waals surface area contributed by atoms with Gasteiger partial charge in [-0.05, 0) is 37.1 Å². The zero-order valence-electron chi connectivity index (χ0n) is 22.9. The van der Waals surface area contributed by atoms with Crippen LogP contribution < -0.4 is 16.0 Å². The maximum absolute atomic E-state index is 13.5. The summed E-state index contributed by atoms with van der Waals surface area (Å²) in [7, 11) is 2.75. The van der Waals surface area contributed by atoms with E-state index in [1.54, 1.807) is 15.3 Å². The number of anilines is 1. The summed E-state index contributed by atoms with van der Waals surface area (Å²) in [6, 6.07) is 6.88. The van der Waals surface area contributed by atoms with Crippen LogP contribution in [0.4, 0.5) is 19.1 Å². The molecular weight excluding hydrogens is 623 g/mol. The summed E-state index contributed by atoms with van der Waals surface area (Å²) in [6.07, 6.45) is 0.118. The molecule has 5 rings (SSSR count). The quantitative estimate of drug-likeness (QED) is 0.242. The Kier molecular flexibility index (Phi) is 8.32. The first-order valence-electron chi connectivity index (χ1n) is 13.1. The molecule has 15 heteroatoms. The number of hydrogen-bond donors (Lipinski definition) is 1. The minimum atomic E-state index is -4.44. The lowest BCUT2D eigenvalue weighted by atomic mass is 10.1. The smallest absolute Gasteiger partial charge is 0.401 e. The highest BCUT2D eigenvalue weighted by Gasteiger charge is 2.32. The number of rotatable bonds is 11. The van der Waals surface area contributed by atoms with Crippen molar-refractivity contribution >= 4 is 38.9 Å². The van der Waals surface area contributed by atoms with Gasteiger partial charge in [-0.1, -0.05) is 15.9 Å². The second-order valence-corrected chi connectivity index (χ2v) is 11.0. The molecule has 4 aromatic rings. The number of benzene rings is 1. The maximum atomic E-state index is 13.5. The molecule has 42 heavy (non-hydrogen) atoms. The summed E-state index contributed by atoms with van der Waals surface area (Å²) in [5, 5.41) is 4.40. The second-order valence-electron chi connectivity index (χ2n) is 10.1. The molecule has 1 aliphatic carbocycles. The highest BCUT2D eigenvalue weighted by atomic mass is 79.9. The Morgan fingerprint density at radius 1 is 1.21 bits per heavy atom. The number of ether oxygens (including phenoxy) is 2. The van der Waals surface area contributed by atoms with Crippen LogP contribution in [0, 0.1) is 0 Å². The molecule has 0 bridgehead atoms. The first-order valence-corrected chi connectivity index (χ1v) is 13.9. The van der Waals surface area contributed by atoms with Crippen LogP contribution in [0.15, 0.2) is 45.9 Å². The van der Waals surface area contributed by atoms with Crippen LogP contribution in [0.5, 0.6) is 5.88 Å². The van der Waals surface area contributed by atoms with Crippen molar-refractivity contribution in [3.63, 3.8) is 0 Å². The molecule has 0 unspecified atom stereocenters. The van der Waals surface area contributed by atoms with Crippen molar-refractivity contribution in [2.75, 3.05) is 39.1 Å². The monoisotopic (exact) mass is 651 g/mol. The molecule has 0 saturated heterocycles. The van der Waals surface area contributed by atoms with Crippen molar-refractivity contribution in [2.24, 2.45) is 7.05 Å². The lowest BCUT2D eigenvalue weighted by molar-refractivity contribution is -0.146. The Labute approximate surface area is 246 Å². The van der Waals surface area contributed by atoms with Gasteiger partial charge in [-0.2, -0.15) is 18.3 Å². The number of halogens is 4. The molecule has 3 aromatic heterocycles. The maximum Gasteiger partial charge on any atom is 0.401 e. The molecule has 2 N–H and O–H groups in total. The number of carbonyl (C=O) groups excluding carboxylic acids is 1. The minimum Gasteiger partial charge on any atom is -0.476 e. The van der Waals surface area contributed by atoms with E-state index in [-0.39, 0.29) is 55.2 Å². The summed E-state index contributed by atoms with van der Waals surface area (Å²) in [6.45, 7) is -1.11. The van der Waals surface area contributed by atoms with E-state index in [2.05, 4.69) is 26.0 Å². The Morgan fingerprint density at radius 3 is 2.67 bits per heavy atom. The van der Waals surface area contributed by atoms with Gasteiger partial charge in [-0.25, -0.2) is 14.5 Å². The fraction of sp³-hybridized carbons (Fsp3) is 0.407. The van der Waals surface area contributed by atoms with Crippen LogP contribution >= 0.6 is 15.9 Å². The van der Waals surface area contributed by atoms with E-state index in [1.165, 1.54) is 42.1 Å². The zero-order valence-corrected chi connectivity index (χ0v) is 24.5. The van der Waals surface area contributed by atoms with Crippen LogP contribution in [0.25, 0.3) is 22.2 Å². The molecule has 0 amide bonds. The number of alkyl halides is 3. The van der Waals surface area contributed by atoms with Crippen LogP contribution in [-0.4, -0.2) is 74.3 Å². The molecule has 3 heterocycles. The molecule has 1 aliphatic rings. The van der Waals surface area contributed by atoms with Crippen molar-refractivity contribution in [1.29, 1.82) is 0 Å². The zero-order chi connectivity index (χ0) is 30.2. The topological polar surface area (TPSA) is 122 Å². The summed E-state index contributed by atoms with van der Waals surface area (Å²) < 4.78 is 56.8. The van der Waals surface area contributed by atoms with Gasteiger partial charge in [0.05, 0.1) is 53.6 Å². The fourth-order valence-electron chi connectivity index (χ4n) is 4.78. The normalized spacial score (nSPS) is 13.7. The van der Waals surface area contributed by atoms with E-state index >= 15 is 0 Å². The van der Waals surface area contributed by atoms with Gasteiger partial charge in [-0.3, -0.25) is 9.69 Å². The van der Waals surface area contributed by atoms with Crippen molar-refractivity contribution in [3.8, 4) is 17.0 Å². The number of hydrogen-bond acceptors (Lipinski definition) is 8. The van der Waals surface area contributed by atoms with Gasteiger partial charge in [0.2, 0.25) is 11.8 Å². The van der Waals surface area contributed by atoms with Crippen LogP contribution in [-0.2, 0) is 18.3 Å². The van der Waals surface area contributed by atoms with Gasteiger partial charge in [-0.15, -0.1) is 0 Å². The van der Waals surface area contributed by atoms with Crippen molar-refractivity contribution in [2.45, 2.75) is 31.6 Å². The van der Waals surface area contributed by atoms with Gasteiger partial charge < -0.3 is 24.3 Å². The third-order valence-corrected chi connectivity index (χ3v) is 7.46. The molecule has 1 saturated carbocycles. The first kappa shape index (κ1) is 29.6. The number of fused-ring (bicyclic) bond motifs is 1. The Balaban J connectivity index is 1.37. The van der Waals surface area contributed by atoms with E-state index in [0.29, 0.717) is 16.6 Å². The Bertz CT molecular complexity index is 1680. The van der Waals surface area contributed by atoms with E-state index in [0.717, 1.165) is 17.3 Å². The van der Waals surface area contributed by atoms with Crippen molar-refractivity contribution in [1.82, 2.24) is 28.8 Å². The largest absolute Gasteiger partial charge is 0.476 e. The predicted octanol–water partition coefficient (Wildman–Crippen LogP) is 4.01. The molecule has 1 fully saturated rings. The molecular formula is C27H29BrF3N7O4. The van der Waals surface area contributed by atoms with Crippen LogP contribution in [0.1, 0.15) is 29.2 Å². The standard InChI is InChI=1S/C27H29BrF3N7O4/c1-35-14-16(25(40)41-2)11-19(23(35)39)20-13-33-38(18-4-5-18)24(20)42-10-9-36(15-27(29,30)31)7-8-37-22-12-17(28)3-6-21(22)34-26(37)32/h3,6,11-14,18H,4-5,7-10,15H2,1-2H3,(H2,32,34). The molecule has 0 atom stereocenters. The van der Waals surface area contributed by atoms with E-state index in [9.17, 15) is 22.8 Å². The molecule has 1 aromatic carbocycles. The number of nitrogens with zero attached hydrogens (tertiary/aromatic N) is 6. The lowest BCUT2D eigenvalue weighted by Crippen LogP contribution is -2.39. The lowest BCUT2D eigenvalue weighted by Gasteiger charge is -2.24. The van der Waals surface area contributed by atoms with Crippen LogP contribution in [0.3, 0.4) is 0 Å². The second kappa shape index (κ2) is 11.8. The SMILES string of the molecule is COC(=O)c1cc(-c2cnn(C3CC3)c2OCCN(CCn2c(N)nc3ccc(Br)cc32)CC(F)(F)F)c(=O)n(C)c1. The van der Waals surface area contributed by atoms with E-state index in [1.807, 2.05) is 12.1 Å². The number of esters is 1. The van der Waals surface area contributed by atoms with E-state index < -0.39 is 24.2 Å². The molecule has 0 aliphatic heterocycles. The fourth-order valence-corrected chi connectivity index (χ4v) is 5.13. The number of nitrogen functional groups attached to an aromatic ring is 1. The van der Waals surface area contributed by atoms with Gasteiger partial charge in [0.15, 0.2) is 0 Å². The molecule has 11 nitrogen and oxygen atoms in total. The summed E-state index contributed by atoms with van der Waals surface area (Å²) in [5.41, 5.74) is 7.71. The predicted molar refractivity (Wildman–Crippen MR) is 152 cm³/mol. The van der Waals surface area contributed by atoms with Crippen molar-refractivity contribution < 1.29 is 27.4 Å². The van der Waals surface area contributed by atoms with E-state index in [4.69, 9.17) is 15.2 Å². The minimum absolute atomic E-state index is 0.0293. The molecule has 224 valence electrons. The molecule has 0 spiro atoms. The van der Waals surface area contributed by atoms with Gasteiger partial charge in [0.25, 0.3) is 5.56 Å². The average Bonchev–Trinajstić information content (AvgIpc) is 3.62. The number of imidazole rings is 1. The highest BCUT2D eigenvalue weighted by Crippen LogP contribution is 2.41. The number of aryl methyl sites for hydroxylation is 1. The van der Waals surface area contributed by atoms with Gasteiger partial charge >= 0.3 is 12.1 Å². The van der Waals surface area contributed by atoms with Gasteiger partial charge in [0, 0.05) is 37.4 Å². The summed E-state index contributed by atoms with van der Waals surface area (Å²) in [4.78, 5) is 30.7.